The molecule has 0 aliphatic carbocycles. The van der Waals surface area contributed by atoms with Crippen molar-refractivity contribution in [2.75, 3.05) is 0 Å². The topological polar surface area (TPSA) is 70.4 Å². The lowest BCUT2D eigenvalue weighted by Crippen LogP contribution is -2.37. The second-order valence-corrected chi connectivity index (χ2v) is 7.48. The van der Waals surface area contributed by atoms with Gasteiger partial charge in [-0.05, 0) is 39.8 Å². The standard InChI is InChI=1S/C19H17ClF6N2O4/c1-8(2)31-16(30)10-5-13(12(21)6-11(10)20)28-15(29)7-14(18(22,23)19(24,25)26)27-17(28)32-9(3)4/h5-9H,1-4H3. The number of hydrogen-bond acceptors (Lipinski definition) is 5. The Balaban J connectivity index is 2.80. The van der Waals surface area contributed by atoms with E-state index in [4.69, 9.17) is 21.1 Å². The van der Waals surface area contributed by atoms with Gasteiger partial charge in [0, 0.05) is 6.07 Å². The number of aromatic nitrogens is 2. The van der Waals surface area contributed by atoms with Gasteiger partial charge in [-0.2, -0.15) is 26.9 Å². The first-order valence-electron chi connectivity index (χ1n) is 9.02. The number of ether oxygens (including phenoxy) is 2. The van der Waals surface area contributed by atoms with Crippen LogP contribution in [-0.2, 0) is 10.7 Å². The van der Waals surface area contributed by atoms with Gasteiger partial charge in [0.05, 0.1) is 28.5 Å². The Morgan fingerprint density at radius 1 is 1.06 bits per heavy atom. The molecule has 1 aromatic heterocycles. The van der Waals surface area contributed by atoms with E-state index in [-0.39, 0.29) is 16.7 Å². The van der Waals surface area contributed by atoms with E-state index in [1.807, 2.05) is 0 Å². The van der Waals surface area contributed by atoms with Crippen LogP contribution in [0.1, 0.15) is 43.7 Å². The van der Waals surface area contributed by atoms with Crippen molar-refractivity contribution in [2.24, 2.45) is 0 Å². The Morgan fingerprint density at radius 3 is 2.16 bits per heavy atom. The van der Waals surface area contributed by atoms with Gasteiger partial charge in [-0.3, -0.25) is 4.79 Å². The van der Waals surface area contributed by atoms with Gasteiger partial charge in [0.15, 0.2) is 0 Å². The van der Waals surface area contributed by atoms with Gasteiger partial charge in [-0.15, -0.1) is 0 Å². The molecule has 2 rings (SSSR count). The second kappa shape index (κ2) is 9.00. The summed E-state index contributed by atoms with van der Waals surface area (Å²) in [4.78, 5) is 27.9. The van der Waals surface area contributed by atoms with E-state index in [1.54, 1.807) is 0 Å². The van der Waals surface area contributed by atoms with Gasteiger partial charge in [0.2, 0.25) is 0 Å². The predicted molar refractivity (Wildman–Crippen MR) is 101 cm³/mol. The largest absolute Gasteiger partial charge is 0.462 e. The molecule has 176 valence electrons. The summed E-state index contributed by atoms with van der Waals surface area (Å²) in [6.45, 7) is 5.79. The molecule has 0 bridgehead atoms. The third-order valence-electron chi connectivity index (χ3n) is 3.75. The van der Waals surface area contributed by atoms with Gasteiger partial charge in [-0.1, -0.05) is 11.6 Å². The number of benzene rings is 1. The Labute approximate surface area is 182 Å². The molecule has 0 aliphatic rings. The Bertz CT molecular complexity index is 1080. The molecule has 2 aromatic rings. The highest BCUT2D eigenvalue weighted by Gasteiger charge is 2.60. The van der Waals surface area contributed by atoms with Crippen LogP contribution < -0.4 is 10.3 Å². The molecule has 0 saturated heterocycles. The van der Waals surface area contributed by atoms with Crippen LogP contribution in [0.3, 0.4) is 0 Å². The fraction of sp³-hybridized carbons (Fsp3) is 0.421. The summed E-state index contributed by atoms with van der Waals surface area (Å²) >= 11 is 5.87. The van der Waals surface area contributed by atoms with Gasteiger partial charge in [-0.25, -0.2) is 13.8 Å². The van der Waals surface area contributed by atoms with E-state index in [2.05, 4.69) is 4.98 Å². The van der Waals surface area contributed by atoms with E-state index in [0.717, 1.165) is 6.07 Å². The molecule has 0 amide bonds. The third kappa shape index (κ3) is 5.17. The van der Waals surface area contributed by atoms with Gasteiger partial charge < -0.3 is 9.47 Å². The molecule has 13 heteroatoms. The van der Waals surface area contributed by atoms with Crippen LogP contribution >= 0.6 is 11.6 Å². The molecule has 0 saturated carbocycles. The number of esters is 1. The third-order valence-corrected chi connectivity index (χ3v) is 4.06. The van der Waals surface area contributed by atoms with Gasteiger partial charge in [0.25, 0.3) is 5.56 Å². The zero-order chi connectivity index (χ0) is 24.6. The number of alkyl halides is 5. The van der Waals surface area contributed by atoms with E-state index in [9.17, 15) is 35.9 Å². The van der Waals surface area contributed by atoms with Crippen LogP contribution in [0.15, 0.2) is 23.0 Å². The molecule has 32 heavy (non-hydrogen) atoms. The first-order valence-corrected chi connectivity index (χ1v) is 9.40. The first-order chi connectivity index (χ1) is 14.6. The average molecular weight is 487 g/mol. The lowest BCUT2D eigenvalue weighted by atomic mass is 10.1. The van der Waals surface area contributed by atoms with Crippen molar-refractivity contribution >= 4 is 17.6 Å². The van der Waals surface area contributed by atoms with Crippen LogP contribution in [0.5, 0.6) is 6.01 Å². The van der Waals surface area contributed by atoms with E-state index >= 15 is 0 Å². The molecule has 6 nitrogen and oxygen atoms in total. The minimum Gasteiger partial charge on any atom is -0.462 e. The number of carbonyl (C=O) groups is 1. The van der Waals surface area contributed by atoms with Crippen molar-refractivity contribution in [3.63, 3.8) is 0 Å². The maximum atomic E-state index is 14.7. The summed E-state index contributed by atoms with van der Waals surface area (Å²) < 4.78 is 90.9. The zero-order valence-corrected chi connectivity index (χ0v) is 17.8. The summed E-state index contributed by atoms with van der Waals surface area (Å²) in [5.41, 5.74) is -4.56. The molecule has 1 heterocycles. The van der Waals surface area contributed by atoms with Crippen LogP contribution in [0, 0.1) is 5.82 Å². The van der Waals surface area contributed by atoms with Crippen molar-refractivity contribution in [1.82, 2.24) is 9.55 Å². The number of carbonyl (C=O) groups excluding carboxylic acids is 1. The first kappa shape index (κ1) is 25.5. The fourth-order valence-electron chi connectivity index (χ4n) is 2.42. The Kier molecular flexibility index (Phi) is 7.18. The number of nitrogens with zero attached hydrogens (tertiary/aromatic N) is 2. The molecule has 0 atom stereocenters. The fourth-order valence-corrected chi connectivity index (χ4v) is 2.65. The summed E-state index contributed by atoms with van der Waals surface area (Å²) in [7, 11) is 0. The molecule has 0 N–H and O–H groups in total. The number of hydrogen-bond donors (Lipinski definition) is 0. The van der Waals surface area contributed by atoms with Crippen molar-refractivity contribution in [3.8, 4) is 11.7 Å². The monoisotopic (exact) mass is 486 g/mol. The summed E-state index contributed by atoms with van der Waals surface area (Å²) in [5, 5.41) is -0.385. The quantitative estimate of drug-likeness (QED) is 0.423. The Morgan fingerprint density at radius 2 is 1.66 bits per heavy atom. The minimum atomic E-state index is -6.05. The zero-order valence-electron chi connectivity index (χ0n) is 17.1. The normalized spacial score (nSPS) is 12.4. The molecule has 1 aromatic carbocycles. The van der Waals surface area contributed by atoms with Crippen LogP contribution in [-0.4, -0.2) is 33.9 Å². The lowest BCUT2D eigenvalue weighted by Gasteiger charge is -2.22. The molecular weight excluding hydrogens is 470 g/mol. The maximum absolute atomic E-state index is 14.7. The Hall–Kier alpha value is -2.76. The minimum absolute atomic E-state index is 0.0964. The molecule has 0 aliphatic heterocycles. The highest BCUT2D eigenvalue weighted by molar-refractivity contribution is 6.33. The highest BCUT2D eigenvalue weighted by atomic mass is 35.5. The molecular formula is C19H17ClF6N2O4. The number of rotatable bonds is 6. The van der Waals surface area contributed by atoms with Crippen molar-refractivity contribution in [3.05, 3.63) is 50.7 Å². The van der Waals surface area contributed by atoms with Gasteiger partial charge >= 0.3 is 24.1 Å². The highest BCUT2D eigenvalue weighted by Crippen LogP contribution is 2.43. The van der Waals surface area contributed by atoms with Crippen LogP contribution in [0.25, 0.3) is 5.69 Å². The van der Waals surface area contributed by atoms with Crippen molar-refractivity contribution in [2.45, 2.75) is 52.0 Å². The van der Waals surface area contributed by atoms with Crippen LogP contribution in [0.2, 0.25) is 5.02 Å². The lowest BCUT2D eigenvalue weighted by molar-refractivity contribution is -0.291. The summed E-state index contributed by atoms with van der Waals surface area (Å²) in [6, 6.07) is 0.287. The number of halogens is 7. The molecule has 0 unspecified atom stereocenters. The maximum Gasteiger partial charge on any atom is 0.459 e. The van der Waals surface area contributed by atoms with Crippen molar-refractivity contribution in [1.29, 1.82) is 0 Å². The summed E-state index contributed by atoms with van der Waals surface area (Å²) in [6.07, 6.45) is -7.49. The van der Waals surface area contributed by atoms with E-state index in [1.165, 1.54) is 27.7 Å². The van der Waals surface area contributed by atoms with Crippen LogP contribution in [0.4, 0.5) is 26.3 Å². The smallest absolute Gasteiger partial charge is 0.459 e. The van der Waals surface area contributed by atoms with Crippen molar-refractivity contribution < 1.29 is 40.6 Å². The second-order valence-electron chi connectivity index (χ2n) is 7.07. The summed E-state index contributed by atoms with van der Waals surface area (Å²) in [5.74, 6) is -7.67. The molecule has 0 spiro atoms. The SMILES string of the molecule is CC(C)OC(=O)c1cc(-n2c(OC(C)C)nc(C(F)(F)C(F)(F)F)cc2=O)c(F)cc1Cl. The average Bonchev–Trinajstić information content (AvgIpc) is 2.60. The van der Waals surface area contributed by atoms with E-state index < -0.39 is 59.0 Å². The van der Waals surface area contributed by atoms with Gasteiger partial charge in [0.1, 0.15) is 11.5 Å². The molecule has 0 fully saturated rings. The van der Waals surface area contributed by atoms with E-state index in [0.29, 0.717) is 10.6 Å². The predicted octanol–water partition coefficient (Wildman–Crippen LogP) is 5.03. The molecule has 0 radical (unpaired) electrons.